The van der Waals surface area contributed by atoms with Crippen molar-refractivity contribution < 1.29 is 24.2 Å². The maximum Gasteiger partial charge on any atom is 0.407 e. The Morgan fingerprint density at radius 1 is 1.00 bits per heavy atom. The molecule has 0 aliphatic heterocycles. The van der Waals surface area contributed by atoms with E-state index in [0.717, 1.165) is 22.3 Å². The Kier molecular flexibility index (Phi) is 7.51. The number of anilines is 1. The van der Waals surface area contributed by atoms with Crippen LogP contribution in [-0.2, 0) is 9.53 Å². The van der Waals surface area contributed by atoms with Crippen molar-refractivity contribution in [3.05, 3.63) is 87.9 Å². The molecule has 7 nitrogen and oxygen atoms in total. The molecule has 3 aromatic carbocycles. The molecule has 0 saturated carbocycles. The van der Waals surface area contributed by atoms with Crippen LogP contribution in [0.2, 0.25) is 0 Å². The van der Waals surface area contributed by atoms with Gasteiger partial charge in [-0.2, -0.15) is 0 Å². The van der Waals surface area contributed by atoms with Gasteiger partial charge in [-0.05, 0) is 62.8 Å². The first-order valence-electron chi connectivity index (χ1n) is 11.3. The van der Waals surface area contributed by atoms with Crippen molar-refractivity contribution in [2.75, 3.05) is 11.9 Å². The number of ether oxygens (including phenoxy) is 1. The zero-order valence-corrected chi connectivity index (χ0v) is 20.7. The second-order valence-electron chi connectivity index (χ2n) is 8.33. The Balaban J connectivity index is 1.34. The zero-order chi connectivity index (χ0) is 24.9. The Bertz CT molecular complexity index is 1230. The van der Waals surface area contributed by atoms with Gasteiger partial charge in [0.05, 0.1) is 5.56 Å². The number of nitrogens with one attached hydrogen (secondary N) is 2. The highest BCUT2D eigenvalue weighted by Crippen LogP contribution is 2.44. The minimum Gasteiger partial charge on any atom is -0.478 e. The summed E-state index contributed by atoms with van der Waals surface area (Å²) in [5, 5.41) is 14.7. The van der Waals surface area contributed by atoms with E-state index in [1.165, 1.54) is 6.07 Å². The van der Waals surface area contributed by atoms with Crippen LogP contribution in [0.5, 0.6) is 0 Å². The fourth-order valence-electron chi connectivity index (χ4n) is 4.31. The SMILES string of the molecule is CC[C@H](CC(=O)Nc1ccc(Br)c(C(=O)O)c1)NC(=O)OCC1c2ccccc2-c2ccccc21. The van der Waals surface area contributed by atoms with Gasteiger partial charge in [-0.25, -0.2) is 9.59 Å². The summed E-state index contributed by atoms with van der Waals surface area (Å²) in [6.07, 6.45) is -0.0272. The second-order valence-corrected chi connectivity index (χ2v) is 9.18. The smallest absolute Gasteiger partial charge is 0.407 e. The van der Waals surface area contributed by atoms with Gasteiger partial charge in [0, 0.05) is 28.5 Å². The molecule has 180 valence electrons. The van der Waals surface area contributed by atoms with Crippen LogP contribution in [0.1, 0.15) is 47.2 Å². The molecule has 35 heavy (non-hydrogen) atoms. The predicted molar refractivity (Wildman–Crippen MR) is 137 cm³/mol. The lowest BCUT2D eigenvalue weighted by molar-refractivity contribution is -0.116. The van der Waals surface area contributed by atoms with E-state index in [1.54, 1.807) is 12.1 Å². The van der Waals surface area contributed by atoms with Crippen LogP contribution in [0.4, 0.5) is 10.5 Å². The number of fused-ring (bicyclic) bond motifs is 3. The lowest BCUT2D eigenvalue weighted by Gasteiger charge is -2.19. The number of hydrogen-bond acceptors (Lipinski definition) is 4. The highest BCUT2D eigenvalue weighted by Gasteiger charge is 2.29. The number of carboxylic acids is 1. The first kappa shape index (κ1) is 24.5. The van der Waals surface area contributed by atoms with Crippen molar-refractivity contribution in [2.45, 2.75) is 31.7 Å². The normalized spacial score (nSPS) is 12.9. The molecule has 0 spiro atoms. The highest BCUT2D eigenvalue weighted by atomic mass is 79.9. The number of halogens is 1. The van der Waals surface area contributed by atoms with Crippen LogP contribution in [0.15, 0.2) is 71.2 Å². The van der Waals surface area contributed by atoms with E-state index in [1.807, 2.05) is 31.2 Å². The van der Waals surface area contributed by atoms with E-state index in [9.17, 15) is 19.5 Å². The molecule has 0 aromatic heterocycles. The molecule has 3 N–H and O–H groups in total. The van der Waals surface area contributed by atoms with Crippen LogP contribution in [0.3, 0.4) is 0 Å². The maximum absolute atomic E-state index is 12.6. The molecule has 0 bridgehead atoms. The van der Waals surface area contributed by atoms with E-state index >= 15 is 0 Å². The lowest BCUT2D eigenvalue weighted by atomic mass is 9.98. The minimum atomic E-state index is -1.10. The van der Waals surface area contributed by atoms with Crippen molar-refractivity contribution in [3.63, 3.8) is 0 Å². The molecule has 1 atom stereocenters. The second kappa shape index (κ2) is 10.7. The number of benzene rings is 3. The fourth-order valence-corrected chi connectivity index (χ4v) is 4.72. The van der Waals surface area contributed by atoms with Crippen LogP contribution in [0.25, 0.3) is 11.1 Å². The number of aromatic carboxylic acids is 1. The lowest BCUT2D eigenvalue weighted by Crippen LogP contribution is -2.38. The quantitative estimate of drug-likeness (QED) is 0.337. The zero-order valence-electron chi connectivity index (χ0n) is 19.1. The van der Waals surface area contributed by atoms with E-state index in [4.69, 9.17) is 4.74 Å². The number of rotatable bonds is 8. The summed E-state index contributed by atoms with van der Waals surface area (Å²) in [5.74, 6) is -1.48. The summed E-state index contributed by atoms with van der Waals surface area (Å²) in [6.45, 7) is 2.06. The third kappa shape index (κ3) is 5.54. The summed E-state index contributed by atoms with van der Waals surface area (Å²) in [4.78, 5) is 36.4. The van der Waals surface area contributed by atoms with Crippen LogP contribution in [0, 0.1) is 0 Å². The third-order valence-electron chi connectivity index (χ3n) is 6.07. The summed E-state index contributed by atoms with van der Waals surface area (Å²) in [5.41, 5.74) is 4.97. The highest BCUT2D eigenvalue weighted by molar-refractivity contribution is 9.10. The Morgan fingerprint density at radius 3 is 2.23 bits per heavy atom. The molecule has 3 aromatic rings. The molecule has 1 aliphatic carbocycles. The monoisotopic (exact) mass is 536 g/mol. The van der Waals surface area contributed by atoms with E-state index < -0.39 is 18.1 Å². The standard InChI is InChI=1S/C27H25BrN2O5/c1-2-16(14-25(31)29-17-11-12-24(28)22(13-17)26(32)33)30-27(34)35-15-23-20-9-5-3-7-18(20)19-8-4-6-10-21(19)23/h3-13,16,23H,2,14-15H2,1H3,(H,29,31)(H,30,34)(H,32,33)/t16-/m1/s1. The molecule has 1 aliphatic rings. The van der Waals surface area contributed by atoms with Gasteiger partial charge >= 0.3 is 12.1 Å². The Hall–Kier alpha value is -3.65. The predicted octanol–water partition coefficient (Wildman–Crippen LogP) is 5.79. The molecule has 0 saturated heterocycles. The Morgan fingerprint density at radius 2 is 1.63 bits per heavy atom. The van der Waals surface area contributed by atoms with Crippen LogP contribution < -0.4 is 10.6 Å². The van der Waals surface area contributed by atoms with Crippen molar-refractivity contribution in [1.29, 1.82) is 0 Å². The van der Waals surface area contributed by atoms with E-state index in [2.05, 4.69) is 50.8 Å². The molecule has 2 amide bonds. The van der Waals surface area contributed by atoms with Crippen molar-refractivity contribution in [1.82, 2.24) is 5.32 Å². The van der Waals surface area contributed by atoms with Crippen molar-refractivity contribution in [3.8, 4) is 11.1 Å². The van der Waals surface area contributed by atoms with Crippen molar-refractivity contribution in [2.24, 2.45) is 0 Å². The molecule has 4 rings (SSSR count). The van der Waals surface area contributed by atoms with E-state index in [-0.39, 0.29) is 30.4 Å². The number of carboxylic acid groups (broad SMARTS) is 1. The van der Waals surface area contributed by atoms with Gasteiger partial charge in [-0.15, -0.1) is 0 Å². The molecular weight excluding hydrogens is 512 g/mol. The van der Waals surface area contributed by atoms with Gasteiger partial charge in [0.25, 0.3) is 0 Å². The third-order valence-corrected chi connectivity index (χ3v) is 6.76. The first-order valence-corrected chi connectivity index (χ1v) is 12.1. The van der Waals surface area contributed by atoms with Gasteiger partial charge in [-0.1, -0.05) is 55.5 Å². The largest absolute Gasteiger partial charge is 0.478 e. The van der Waals surface area contributed by atoms with Gasteiger partial charge in [0.1, 0.15) is 6.61 Å². The van der Waals surface area contributed by atoms with Gasteiger partial charge in [0.15, 0.2) is 0 Å². The number of hydrogen-bond donors (Lipinski definition) is 3. The fraction of sp³-hybridized carbons (Fsp3) is 0.222. The molecule has 0 unspecified atom stereocenters. The van der Waals surface area contributed by atoms with Crippen molar-refractivity contribution >= 4 is 39.6 Å². The number of alkyl carbamates (subject to hydrolysis) is 1. The van der Waals surface area contributed by atoms with Crippen LogP contribution >= 0.6 is 15.9 Å². The maximum atomic E-state index is 12.6. The first-order chi connectivity index (χ1) is 16.9. The average Bonchev–Trinajstić information content (AvgIpc) is 3.17. The molecule has 0 heterocycles. The summed E-state index contributed by atoms with van der Waals surface area (Å²) in [7, 11) is 0. The summed E-state index contributed by atoms with van der Waals surface area (Å²) < 4.78 is 6.00. The molecule has 0 radical (unpaired) electrons. The Labute approximate surface area is 211 Å². The summed E-state index contributed by atoms with van der Waals surface area (Å²) in [6, 6.07) is 20.3. The molecular formula is C27H25BrN2O5. The summed E-state index contributed by atoms with van der Waals surface area (Å²) >= 11 is 3.18. The number of carbonyl (C=O) groups excluding carboxylic acids is 2. The molecule has 8 heteroatoms. The van der Waals surface area contributed by atoms with Gasteiger partial charge in [0.2, 0.25) is 5.91 Å². The molecule has 0 fully saturated rings. The van der Waals surface area contributed by atoms with Gasteiger partial charge in [-0.3, -0.25) is 4.79 Å². The van der Waals surface area contributed by atoms with E-state index in [0.29, 0.717) is 16.6 Å². The number of carbonyl (C=O) groups is 3. The average molecular weight is 537 g/mol. The van der Waals surface area contributed by atoms with Gasteiger partial charge < -0.3 is 20.5 Å². The number of amides is 2. The topological polar surface area (TPSA) is 105 Å². The minimum absolute atomic E-state index is 0.0269. The van der Waals surface area contributed by atoms with Crippen LogP contribution in [-0.4, -0.2) is 35.7 Å².